The maximum absolute atomic E-state index is 13.5. The highest BCUT2D eigenvalue weighted by Gasteiger charge is 2.21. The van der Waals surface area contributed by atoms with E-state index in [-0.39, 0.29) is 17.8 Å². The van der Waals surface area contributed by atoms with Gasteiger partial charge in [-0.2, -0.15) is 5.11 Å². The van der Waals surface area contributed by atoms with E-state index in [1.807, 2.05) is 24.3 Å². The molecule has 0 spiro atoms. The van der Waals surface area contributed by atoms with Gasteiger partial charge in [-0.25, -0.2) is 4.39 Å². The number of nitrogens with one attached hydrogen (secondary N) is 2. The average Bonchev–Trinajstić information content (AvgIpc) is 2.53. The van der Waals surface area contributed by atoms with Crippen molar-refractivity contribution in [3.8, 4) is 0 Å². The minimum absolute atomic E-state index is 0.0423. The lowest BCUT2D eigenvalue weighted by Gasteiger charge is -2.20. The van der Waals surface area contributed by atoms with E-state index < -0.39 is 0 Å². The smallest absolute Gasteiger partial charge is 0.239 e. The van der Waals surface area contributed by atoms with E-state index in [0.29, 0.717) is 0 Å². The van der Waals surface area contributed by atoms with E-state index in [1.54, 1.807) is 17.8 Å². The molecule has 1 heterocycles. The van der Waals surface area contributed by atoms with Crippen molar-refractivity contribution in [3.05, 3.63) is 58.3 Å². The molecule has 3 rings (SSSR count). The molecule has 0 radical (unpaired) electrons. The largest absolute Gasteiger partial charge is 0.323 e. The number of guanidine groups is 1. The molecule has 0 saturated heterocycles. The van der Waals surface area contributed by atoms with Gasteiger partial charge in [0.2, 0.25) is 5.96 Å². The van der Waals surface area contributed by atoms with E-state index in [9.17, 15) is 4.39 Å². The molecule has 1 aliphatic rings. The predicted molar refractivity (Wildman–Crippen MR) is 94.8 cm³/mol. The number of hydrogen-bond donors (Lipinski definition) is 2. The fourth-order valence-electron chi connectivity index (χ4n) is 2.32. The molecule has 0 aromatic heterocycles. The summed E-state index contributed by atoms with van der Waals surface area (Å²) in [5, 5.41) is 18.9. The number of hydrogen-bond acceptors (Lipinski definition) is 3. The van der Waals surface area contributed by atoms with Gasteiger partial charge in [-0.05, 0) is 48.4 Å². The quantitative estimate of drug-likeness (QED) is 0.395. The maximum atomic E-state index is 13.5. The SMILES string of the molecule is N=C(N=NC1CCSc2ccc(F)cc21)Nc1cccc(Br)c1. The zero-order valence-electron chi connectivity index (χ0n) is 12.1. The normalized spacial score (nSPS) is 17.0. The molecule has 0 bridgehead atoms. The van der Waals surface area contributed by atoms with Crippen molar-refractivity contribution in [2.24, 2.45) is 10.2 Å². The Balaban J connectivity index is 1.71. The highest BCUT2D eigenvalue weighted by Crippen LogP contribution is 2.38. The van der Waals surface area contributed by atoms with Gasteiger partial charge in [-0.15, -0.1) is 16.9 Å². The third-order valence-corrected chi connectivity index (χ3v) is 4.98. The zero-order valence-corrected chi connectivity index (χ0v) is 14.5. The topological polar surface area (TPSA) is 60.6 Å². The lowest BCUT2D eigenvalue weighted by atomic mass is 10.0. The summed E-state index contributed by atoms with van der Waals surface area (Å²) in [6.07, 6.45) is 0.786. The van der Waals surface area contributed by atoms with Gasteiger partial charge < -0.3 is 5.32 Å². The van der Waals surface area contributed by atoms with E-state index in [0.717, 1.165) is 32.8 Å². The summed E-state index contributed by atoms with van der Waals surface area (Å²) in [4.78, 5) is 1.04. The predicted octanol–water partition coefficient (Wildman–Crippen LogP) is 5.62. The van der Waals surface area contributed by atoms with Crippen LogP contribution in [0.1, 0.15) is 18.0 Å². The van der Waals surface area contributed by atoms with Crippen LogP contribution in [0.2, 0.25) is 0 Å². The first-order valence-corrected chi connectivity index (χ1v) is 8.84. The lowest BCUT2D eigenvalue weighted by Crippen LogP contribution is -2.09. The zero-order chi connectivity index (χ0) is 16.2. The van der Waals surface area contributed by atoms with E-state index in [2.05, 4.69) is 31.5 Å². The molecule has 118 valence electrons. The van der Waals surface area contributed by atoms with Crippen molar-refractivity contribution in [1.29, 1.82) is 5.41 Å². The second-order valence-corrected chi connectivity index (χ2v) is 7.09. The van der Waals surface area contributed by atoms with Crippen LogP contribution in [-0.2, 0) is 0 Å². The van der Waals surface area contributed by atoms with Gasteiger partial charge in [0.15, 0.2) is 0 Å². The summed E-state index contributed by atoms with van der Waals surface area (Å²) in [6, 6.07) is 12.0. The van der Waals surface area contributed by atoms with Gasteiger partial charge in [0.25, 0.3) is 0 Å². The monoisotopic (exact) mass is 392 g/mol. The number of halogens is 2. The Bertz CT molecular complexity index is 765. The first-order chi connectivity index (χ1) is 11.1. The minimum Gasteiger partial charge on any atom is -0.323 e. The molecule has 0 amide bonds. The van der Waals surface area contributed by atoms with Gasteiger partial charge in [0.05, 0.1) is 6.04 Å². The molecule has 7 heteroatoms. The van der Waals surface area contributed by atoms with Crippen molar-refractivity contribution < 1.29 is 4.39 Å². The summed E-state index contributed by atoms with van der Waals surface area (Å²) >= 11 is 5.07. The second-order valence-electron chi connectivity index (χ2n) is 5.03. The van der Waals surface area contributed by atoms with Crippen LogP contribution in [-0.4, -0.2) is 11.7 Å². The van der Waals surface area contributed by atoms with Gasteiger partial charge in [0, 0.05) is 20.8 Å². The third kappa shape index (κ3) is 4.17. The van der Waals surface area contributed by atoms with Crippen molar-refractivity contribution in [2.75, 3.05) is 11.1 Å². The number of azo groups is 1. The summed E-state index contributed by atoms with van der Waals surface area (Å²) in [6.45, 7) is 0. The van der Waals surface area contributed by atoms with Crippen molar-refractivity contribution in [1.82, 2.24) is 0 Å². The molecule has 23 heavy (non-hydrogen) atoms. The first kappa shape index (κ1) is 16.1. The third-order valence-electron chi connectivity index (χ3n) is 3.36. The number of fused-ring (bicyclic) bond motifs is 1. The van der Waals surface area contributed by atoms with Gasteiger partial charge in [-0.1, -0.05) is 22.0 Å². The molecule has 2 aromatic rings. The molecule has 0 fully saturated rings. The van der Waals surface area contributed by atoms with E-state index in [4.69, 9.17) is 5.41 Å². The van der Waals surface area contributed by atoms with Crippen LogP contribution in [0.5, 0.6) is 0 Å². The Hall–Kier alpha value is -1.73. The molecular weight excluding hydrogens is 379 g/mol. The number of anilines is 1. The van der Waals surface area contributed by atoms with Crippen molar-refractivity contribution >= 4 is 39.3 Å². The number of benzene rings is 2. The van der Waals surface area contributed by atoms with Crippen molar-refractivity contribution in [3.63, 3.8) is 0 Å². The van der Waals surface area contributed by atoms with Gasteiger partial charge in [-0.3, -0.25) is 5.41 Å². The fraction of sp³-hybridized carbons (Fsp3) is 0.188. The lowest BCUT2D eigenvalue weighted by molar-refractivity contribution is 0.603. The van der Waals surface area contributed by atoms with Crippen LogP contribution in [0.4, 0.5) is 10.1 Å². The molecule has 4 nitrogen and oxygen atoms in total. The van der Waals surface area contributed by atoms with Crippen LogP contribution < -0.4 is 5.32 Å². The summed E-state index contributed by atoms with van der Waals surface area (Å²) < 4.78 is 14.4. The highest BCUT2D eigenvalue weighted by molar-refractivity contribution is 9.10. The Kier molecular flexibility index (Phi) is 5.07. The molecular formula is C16H14BrFN4S. The van der Waals surface area contributed by atoms with E-state index in [1.165, 1.54) is 12.1 Å². The maximum Gasteiger partial charge on any atom is 0.239 e. The Morgan fingerprint density at radius 1 is 1.30 bits per heavy atom. The fourth-order valence-corrected chi connectivity index (χ4v) is 3.81. The molecule has 1 unspecified atom stereocenters. The Labute approximate surface area is 146 Å². The molecule has 2 aromatic carbocycles. The minimum atomic E-state index is -0.270. The summed E-state index contributed by atoms with van der Waals surface area (Å²) in [5.74, 6) is 0.599. The molecule has 2 N–H and O–H groups in total. The second kappa shape index (κ2) is 7.23. The van der Waals surface area contributed by atoms with Crippen LogP contribution in [0.15, 0.2) is 62.1 Å². The standard InChI is InChI=1S/C16H14BrFN4S/c17-10-2-1-3-12(8-10)20-16(19)22-21-14-6-7-23-15-5-4-11(18)9-13(14)15/h1-5,8-9,14H,6-7H2,(H2,19,20). The average molecular weight is 393 g/mol. The number of rotatable bonds is 2. The van der Waals surface area contributed by atoms with Gasteiger partial charge >= 0.3 is 0 Å². The van der Waals surface area contributed by atoms with Crippen molar-refractivity contribution in [2.45, 2.75) is 17.4 Å². The summed E-state index contributed by atoms with van der Waals surface area (Å²) in [7, 11) is 0. The number of nitrogens with zero attached hydrogens (tertiary/aromatic N) is 2. The van der Waals surface area contributed by atoms with E-state index >= 15 is 0 Å². The molecule has 0 saturated carbocycles. The Morgan fingerprint density at radius 3 is 3.00 bits per heavy atom. The first-order valence-electron chi connectivity index (χ1n) is 7.06. The highest BCUT2D eigenvalue weighted by atomic mass is 79.9. The van der Waals surface area contributed by atoms with Crippen LogP contribution in [0, 0.1) is 11.2 Å². The molecule has 1 atom stereocenters. The number of thioether (sulfide) groups is 1. The van der Waals surface area contributed by atoms with Crippen LogP contribution in [0.25, 0.3) is 0 Å². The molecule has 0 aliphatic carbocycles. The van der Waals surface area contributed by atoms with Crippen LogP contribution >= 0.6 is 27.7 Å². The summed E-state index contributed by atoms with van der Waals surface area (Å²) in [5.41, 5.74) is 1.61. The Morgan fingerprint density at radius 2 is 2.17 bits per heavy atom. The van der Waals surface area contributed by atoms with Gasteiger partial charge in [0.1, 0.15) is 5.82 Å². The molecule has 1 aliphatic heterocycles. The van der Waals surface area contributed by atoms with Crippen LogP contribution in [0.3, 0.4) is 0 Å².